The van der Waals surface area contributed by atoms with E-state index in [0.29, 0.717) is 4.47 Å². The molecule has 0 unspecified atom stereocenters. The highest BCUT2D eigenvalue weighted by Gasteiger charge is 2.32. The molecule has 0 radical (unpaired) electrons. The number of hydrogen-bond donors (Lipinski definition) is 0. The molecule has 0 aliphatic heterocycles. The maximum absolute atomic E-state index is 12.0. The molecule has 0 saturated heterocycles. The van der Waals surface area contributed by atoms with Gasteiger partial charge in [-0.3, -0.25) is 4.79 Å². The molecular weight excluding hydrogens is 289 g/mol. The quantitative estimate of drug-likeness (QED) is 0.775. The lowest BCUT2D eigenvalue weighted by Crippen LogP contribution is -2.18. The number of ether oxygens (including phenoxy) is 1. The topological polar surface area (TPSA) is 26.3 Å². The minimum atomic E-state index is -4.76. The van der Waals surface area contributed by atoms with E-state index in [1.54, 1.807) is 0 Å². The molecule has 0 bridgehead atoms. The Morgan fingerprint density at radius 3 is 2.38 bits per heavy atom. The van der Waals surface area contributed by atoms with Crippen LogP contribution in [-0.4, -0.2) is 12.1 Å². The number of halogens is 4. The fraction of sp³-hybridized carbons (Fsp3) is 0.300. The summed E-state index contributed by atoms with van der Waals surface area (Å²) in [6.07, 6.45) is -4.76. The van der Waals surface area contributed by atoms with Crippen LogP contribution in [0.15, 0.2) is 16.6 Å². The van der Waals surface area contributed by atoms with Gasteiger partial charge in [0.05, 0.1) is 0 Å². The van der Waals surface area contributed by atoms with Crippen molar-refractivity contribution < 1.29 is 22.7 Å². The number of carbonyl (C=O) groups excluding carboxylic acids is 1. The van der Waals surface area contributed by atoms with Gasteiger partial charge in [-0.25, -0.2) is 0 Å². The molecule has 0 fully saturated rings. The van der Waals surface area contributed by atoms with Crippen LogP contribution in [0, 0.1) is 6.92 Å². The Labute approximate surface area is 98.5 Å². The Bertz CT molecular complexity index is 427. The van der Waals surface area contributed by atoms with Crippen LogP contribution in [0.2, 0.25) is 0 Å². The van der Waals surface area contributed by atoms with Crippen LogP contribution in [0.5, 0.6) is 5.75 Å². The number of rotatable bonds is 2. The first-order chi connectivity index (χ1) is 7.22. The molecule has 1 rings (SSSR count). The third kappa shape index (κ3) is 2.98. The van der Waals surface area contributed by atoms with Gasteiger partial charge in [-0.2, -0.15) is 0 Å². The molecule has 1 aromatic rings. The molecule has 0 aliphatic carbocycles. The lowest BCUT2D eigenvalue weighted by molar-refractivity contribution is -0.274. The van der Waals surface area contributed by atoms with E-state index < -0.39 is 6.36 Å². The summed E-state index contributed by atoms with van der Waals surface area (Å²) in [7, 11) is 0. The standard InChI is InChI=1S/C10H8BrF3O2/c1-5-8(16-10(12,13)14)4-3-7(11)9(5)6(2)15/h3-4H,1-2H3. The van der Waals surface area contributed by atoms with Crippen LogP contribution in [0.4, 0.5) is 13.2 Å². The van der Waals surface area contributed by atoms with Gasteiger partial charge in [-0.15, -0.1) is 13.2 Å². The fourth-order valence-electron chi connectivity index (χ4n) is 1.33. The first kappa shape index (κ1) is 13.0. The molecule has 0 aromatic heterocycles. The van der Waals surface area contributed by atoms with Crippen LogP contribution in [-0.2, 0) is 0 Å². The van der Waals surface area contributed by atoms with Gasteiger partial charge in [-0.05, 0) is 26.0 Å². The molecule has 1 aromatic carbocycles. The molecular formula is C10H8BrF3O2. The Balaban J connectivity index is 3.24. The number of ketones is 1. The van der Waals surface area contributed by atoms with Crippen molar-refractivity contribution in [2.75, 3.05) is 0 Å². The number of alkyl halides is 3. The van der Waals surface area contributed by atoms with E-state index in [4.69, 9.17) is 0 Å². The highest BCUT2D eigenvalue weighted by atomic mass is 79.9. The van der Waals surface area contributed by atoms with E-state index in [1.807, 2.05) is 0 Å². The summed E-state index contributed by atoms with van der Waals surface area (Å²) in [4.78, 5) is 11.2. The average molecular weight is 297 g/mol. The summed E-state index contributed by atoms with van der Waals surface area (Å²) in [6, 6.07) is 2.52. The Kier molecular flexibility index (Phi) is 3.62. The molecule has 0 atom stereocenters. The number of carbonyl (C=O) groups is 1. The second-order valence-corrected chi connectivity index (χ2v) is 4.00. The highest BCUT2D eigenvalue weighted by molar-refractivity contribution is 9.10. The van der Waals surface area contributed by atoms with Crippen LogP contribution >= 0.6 is 15.9 Å². The SMILES string of the molecule is CC(=O)c1c(Br)ccc(OC(F)(F)F)c1C. The Hall–Kier alpha value is -1.04. The molecule has 16 heavy (non-hydrogen) atoms. The van der Waals surface area contributed by atoms with Gasteiger partial charge in [-0.1, -0.05) is 15.9 Å². The second-order valence-electron chi connectivity index (χ2n) is 3.15. The van der Waals surface area contributed by atoms with Crippen molar-refractivity contribution in [1.29, 1.82) is 0 Å². The summed E-state index contributed by atoms with van der Waals surface area (Å²) in [5.74, 6) is -0.683. The van der Waals surface area contributed by atoms with Gasteiger partial charge in [0.25, 0.3) is 0 Å². The maximum atomic E-state index is 12.0. The van der Waals surface area contributed by atoms with E-state index in [2.05, 4.69) is 20.7 Å². The first-order valence-corrected chi connectivity index (χ1v) is 5.07. The second kappa shape index (κ2) is 4.45. The lowest BCUT2D eigenvalue weighted by Gasteiger charge is -2.14. The van der Waals surface area contributed by atoms with Gasteiger partial charge < -0.3 is 4.74 Å². The zero-order chi connectivity index (χ0) is 12.5. The Morgan fingerprint density at radius 2 is 1.94 bits per heavy atom. The predicted molar refractivity (Wildman–Crippen MR) is 55.6 cm³/mol. The van der Waals surface area contributed by atoms with Crippen LogP contribution in [0.1, 0.15) is 22.8 Å². The normalized spacial score (nSPS) is 11.4. The van der Waals surface area contributed by atoms with Crippen molar-refractivity contribution in [3.05, 3.63) is 27.7 Å². The largest absolute Gasteiger partial charge is 0.573 e. The fourth-order valence-corrected chi connectivity index (χ4v) is 2.04. The minimum Gasteiger partial charge on any atom is -0.405 e. The van der Waals surface area contributed by atoms with E-state index >= 15 is 0 Å². The van der Waals surface area contributed by atoms with Gasteiger partial charge in [0.1, 0.15) is 5.75 Å². The summed E-state index contributed by atoms with van der Waals surface area (Å²) in [5.41, 5.74) is 0.362. The van der Waals surface area contributed by atoms with Gasteiger partial charge >= 0.3 is 6.36 Å². The third-order valence-electron chi connectivity index (χ3n) is 1.94. The van der Waals surface area contributed by atoms with Gasteiger partial charge in [0, 0.05) is 15.6 Å². The molecule has 0 N–H and O–H groups in total. The van der Waals surface area contributed by atoms with Crippen molar-refractivity contribution in [1.82, 2.24) is 0 Å². The molecule has 88 valence electrons. The molecule has 6 heteroatoms. The van der Waals surface area contributed by atoms with E-state index in [-0.39, 0.29) is 22.7 Å². The summed E-state index contributed by atoms with van der Waals surface area (Å²) in [5, 5.41) is 0. The summed E-state index contributed by atoms with van der Waals surface area (Å²) < 4.78 is 40.4. The van der Waals surface area contributed by atoms with Crippen molar-refractivity contribution in [3.8, 4) is 5.75 Å². The highest BCUT2D eigenvalue weighted by Crippen LogP contribution is 2.32. The van der Waals surface area contributed by atoms with E-state index in [0.717, 1.165) is 0 Å². The predicted octanol–water partition coefficient (Wildman–Crippen LogP) is 3.86. The maximum Gasteiger partial charge on any atom is 0.573 e. The van der Waals surface area contributed by atoms with E-state index in [9.17, 15) is 18.0 Å². The first-order valence-electron chi connectivity index (χ1n) is 4.28. The monoisotopic (exact) mass is 296 g/mol. The number of benzene rings is 1. The smallest absolute Gasteiger partial charge is 0.405 e. The van der Waals surface area contributed by atoms with Crippen molar-refractivity contribution in [2.24, 2.45) is 0 Å². The van der Waals surface area contributed by atoms with Crippen molar-refractivity contribution >= 4 is 21.7 Å². The average Bonchev–Trinajstić information content (AvgIpc) is 2.07. The van der Waals surface area contributed by atoms with Gasteiger partial charge in [0.15, 0.2) is 5.78 Å². The summed E-state index contributed by atoms with van der Waals surface area (Å²) >= 11 is 3.10. The van der Waals surface area contributed by atoms with Crippen LogP contribution in [0.3, 0.4) is 0 Å². The Morgan fingerprint density at radius 1 is 1.38 bits per heavy atom. The zero-order valence-corrected chi connectivity index (χ0v) is 10.1. The molecule has 0 spiro atoms. The number of Topliss-reactive ketones (excluding diaryl/α,β-unsaturated/α-hetero) is 1. The van der Waals surface area contributed by atoms with Crippen molar-refractivity contribution in [2.45, 2.75) is 20.2 Å². The zero-order valence-electron chi connectivity index (χ0n) is 8.48. The molecule has 0 amide bonds. The van der Waals surface area contributed by atoms with Crippen LogP contribution in [0.25, 0.3) is 0 Å². The van der Waals surface area contributed by atoms with Gasteiger partial charge in [0.2, 0.25) is 0 Å². The van der Waals surface area contributed by atoms with E-state index in [1.165, 1.54) is 26.0 Å². The van der Waals surface area contributed by atoms with Crippen LogP contribution < -0.4 is 4.74 Å². The van der Waals surface area contributed by atoms with Crippen molar-refractivity contribution in [3.63, 3.8) is 0 Å². The minimum absolute atomic E-state index is 0.166. The third-order valence-corrected chi connectivity index (χ3v) is 2.60. The molecule has 0 saturated carbocycles. The lowest BCUT2D eigenvalue weighted by atomic mass is 10.0. The molecule has 0 heterocycles. The summed E-state index contributed by atoms with van der Waals surface area (Å²) in [6.45, 7) is 2.69. The number of hydrogen-bond acceptors (Lipinski definition) is 2. The molecule has 0 aliphatic rings. The molecule has 2 nitrogen and oxygen atoms in total.